The molecular weight excluding hydrogens is 256 g/mol. The van der Waals surface area contributed by atoms with Crippen molar-refractivity contribution in [1.29, 1.82) is 0 Å². The van der Waals surface area contributed by atoms with Gasteiger partial charge in [-0.15, -0.1) is 0 Å². The van der Waals surface area contributed by atoms with Crippen molar-refractivity contribution in [3.63, 3.8) is 0 Å². The van der Waals surface area contributed by atoms with Crippen molar-refractivity contribution in [2.24, 2.45) is 0 Å². The van der Waals surface area contributed by atoms with Crippen molar-refractivity contribution >= 4 is 18.0 Å². The van der Waals surface area contributed by atoms with Gasteiger partial charge in [-0.1, -0.05) is 0 Å². The highest BCUT2D eigenvalue weighted by Crippen LogP contribution is 1.94. The SMILES string of the molecule is CCOC(=O)CCN(C)C(=O)NC(COC)C(=O)O. The molecule has 0 aromatic heterocycles. The first-order valence-electron chi connectivity index (χ1n) is 5.81. The van der Waals surface area contributed by atoms with Crippen molar-refractivity contribution in [1.82, 2.24) is 10.2 Å². The van der Waals surface area contributed by atoms with Crippen molar-refractivity contribution in [3.05, 3.63) is 0 Å². The summed E-state index contributed by atoms with van der Waals surface area (Å²) < 4.78 is 9.41. The van der Waals surface area contributed by atoms with Crippen LogP contribution in [0.25, 0.3) is 0 Å². The summed E-state index contributed by atoms with van der Waals surface area (Å²) in [5.41, 5.74) is 0. The van der Waals surface area contributed by atoms with Crippen LogP contribution in [0.15, 0.2) is 0 Å². The smallest absolute Gasteiger partial charge is 0.328 e. The Bertz CT molecular complexity index is 320. The third kappa shape index (κ3) is 7.24. The first kappa shape index (κ1) is 17.2. The minimum Gasteiger partial charge on any atom is -0.480 e. The van der Waals surface area contributed by atoms with Crippen LogP contribution in [0.1, 0.15) is 13.3 Å². The Balaban J connectivity index is 4.17. The Hall–Kier alpha value is -1.83. The lowest BCUT2D eigenvalue weighted by Gasteiger charge is -2.20. The Morgan fingerprint density at radius 2 is 2.00 bits per heavy atom. The quantitative estimate of drug-likeness (QED) is 0.589. The minimum atomic E-state index is -1.19. The highest BCUT2D eigenvalue weighted by atomic mass is 16.5. The number of carbonyl (C=O) groups is 3. The molecule has 0 aromatic carbocycles. The molecule has 110 valence electrons. The van der Waals surface area contributed by atoms with Crippen LogP contribution in [-0.2, 0) is 19.1 Å². The van der Waals surface area contributed by atoms with Gasteiger partial charge in [-0.3, -0.25) is 4.79 Å². The molecule has 0 radical (unpaired) electrons. The van der Waals surface area contributed by atoms with E-state index in [1.165, 1.54) is 19.1 Å². The van der Waals surface area contributed by atoms with Gasteiger partial charge in [0.25, 0.3) is 0 Å². The summed E-state index contributed by atoms with van der Waals surface area (Å²) in [6.07, 6.45) is 0.0553. The minimum absolute atomic E-state index is 0.0553. The molecule has 2 N–H and O–H groups in total. The first-order chi connectivity index (χ1) is 8.92. The third-order valence-corrected chi connectivity index (χ3v) is 2.23. The molecule has 1 atom stereocenters. The van der Waals surface area contributed by atoms with Gasteiger partial charge in [0.2, 0.25) is 0 Å². The Labute approximate surface area is 111 Å². The highest BCUT2D eigenvalue weighted by Gasteiger charge is 2.21. The van der Waals surface area contributed by atoms with Gasteiger partial charge in [-0.2, -0.15) is 0 Å². The standard InChI is InChI=1S/C11H20N2O6/c1-4-19-9(14)5-6-13(2)11(17)12-8(7-18-3)10(15)16/h8H,4-7H2,1-3H3,(H,12,17)(H,15,16). The molecule has 19 heavy (non-hydrogen) atoms. The van der Waals surface area contributed by atoms with Gasteiger partial charge in [0.1, 0.15) is 0 Å². The molecule has 0 aliphatic carbocycles. The number of methoxy groups -OCH3 is 1. The lowest BCUT2D eigenvalue weighted by Crippen LogP contribution is -2.49. The number of ether oxygens (including phenoxy) is 2. The van der Waals surface area contributed by atoms with Gasteiger partial charge in [-0.25, -0.2) is 9.59 Å². The zero-order valence-electron chi connectivity index (χ0n) is 11.3. The maximum absolute atomic E-state index is 11.6. The van der Waals surface area contributed by atoms with Crippen LogP contribution < -0.4 is 5.32 Å². The summed E-state index contributed by atoms with van der Waals surface area (Å²) in [5.74, 6) is -1.59. The van der Waals surface area contributed by atoms with Gasteiger partial charge in [0, 0.05) is 20.7 Å². The molecule has 8 nitrogen and oxygen atoms in total. The summed E-state index contributed by atoms with van der Waals surface area (Å²) in [6, 6.07) is -1.71. The maximum atomic E-state index is 11.6. The van der Waals surface area contributed by atoms with E-state index < -0.39 is 24.0 Å². The Kier molecular flexibility index (Phi) is 8.27. The number of aliphatic carboxylic acids is 1. The number of rotatable bonds is 8. The van der Waals surface area contributed by atoms with Crippen LogP contribution in [0.3, 0.4) is 0 Å². The second kappa shape index (κ2) is 9.15. The van der Waals surface area contributed by atoms with Gasteiger partial charge < -0.3 is 24.8 Å². The molecular formula is C11H20N2O6. The van der Waals surface area contributed by atoms with Crippen LogP contribution in [0, 0.1) is 0 Å². The maximum Gasteiger partial charge on any atom is 0.328 e. The third-order valence-electron chi connectivity index (χ3n) is 2.23. The molecule has 0 heterocycles. The van der Waals surface area contributed by atoms with Gasteiger partial charge in [0.15, 0.2) is 6.04 Å². The molecule has 0 aromatic rings. The summed E-state index contributed by atoms with van der Waals surface area (Å²) in [5, 5.41) is 11.1. The fraction of sp³-hybridized carbons (Fsp3) is 0.727. The second-order valence-electron chi connectivity index (χ2n) is 3.77. The van der Waals surface area contributed by atoms with Crippen LogP contribution in [-0.4, -0.2) is 67.9 Å². The molecule has 0 rings (SSSR count). The highest BCUT2D eigenvalue weighted by molar-refractivity contribution is 5.82. The molecule has 0 aliphatic rings. The predicted molar refractivity (Wildman–Crippen MR) is 65.7 cm³/mol. The molecule has 0 bridgehead atoms. The number of nitrogens with one attached hydrogen (secondary N) is 1. The average molecular weight is 276 g/mol. The average Bonchev–Trinajstić information content (AvgIpc) is 2.35. The molecule has 0 spiro atoms. The molecule has 0 fully saturated rings. The van der Waals surface area contributed by atoms with Crippen LogP contribution in [0.5, 0.6) is 0 Å². The zero-order chi connectivity index (χ0) is 14.8. The van der Waals surface area contributed by atoms with E-state index in [0.717, 1.165) is 0 Å². The number of urea groups is 1. The van der Waals surface area contributed by atoms with Crippen molar-refractivity contribution in [2.45, 2.75) is 19.4 Å². The van der Waals surface area contributed by atoms with Crippen LogP contribution in [0.2, 0.25) is 0 Å². The van der Waals surface area contributed by atoms with E-state index >= 15 is 0 Å². The van der Waals surface area contributed by atoms with E-state index in [-0.39, 0.29) is 26.2 Å². The number of esters is 1. The predicted octanol–water partition coefficient (Wildman–Crippen LogP) is -0.319. The van der Waals surface area contributed by atoms with Crippen LogP contribution in [0.4, 0.5) is 4.79 Å². The number of carboxylic acid groups (broad SMARTS) is 1. The monoisotopic (exact) mass is 276 g/mol. The van der Waals surface area contributed by atoms with E-state index in [2.05, 4.69) is 10.1 Å². The molecule has 1 unspecified atom stereocenters. The fourth-order valence-electron chi connectivity index (χ4n) is 1.19. The molecule has 0 aliphatic heterocycles. The van der Waals surface area contributed by atoms with E-state index in [4.69, 9.17) is 9.84 Å². The largest absolute Gasteiger partial charge is 0.480 e. The topological polar surface area (TPSA) is 105 Å². The van der Waals surface area contributed by atoms with E-state index in [9.17, 15) is 14.4 Å². The molecule has 0 saturated heterocycles. The number of carboxylic acids is 1. The van der Waals surface area contributed by atoms with Gasteiger partial charge in [0.05, 0.1) is 19.6 Å². The fourth-order valence-corrected chi connectivity index (χ4v) is 1.19. The number of carbonyl (C=O) groups excluding carboxylic acids is 2. The summed E-state index contributed by atoms with van der Waals surface area (Å²) in [6.45, 7) is 1.98. The lowest BCUT2D eigenvalue weighted by atomic mass is 10.3. The molecule has 8 heteroatoms. The van der Waals surface area contributed by atoms with Crippen molar-refractivity contribution in [2.75, 3.05) is 33.9 Å². The first-order valence-corrected chi connectivity index (χ1v) is 5.81. The summed E-state index contributed by atoms with van der Waals surface area (Å²) in [4.78, 5) is 34.8. The van der Waals surface area contributed by atoms with Crippen LogP contribution >= 0.6 is 0 Å². The lowest BCUT2D eigenvalue weighted by molar-refractivity contribution is -0.143. The Morgan fingerprint density at radius 1 is 1.37 bits per heavy atom. The normalized spacial score (nSPS) is 11.5. The summed E-state index contributed by atoms with van der Waals surface area (Å²) >= 11 is 0. The van der Waals surface area contributed by atoms with Gasteiger partial charge in [-0.05, 0) is 6.92 Å². The molecule has 0 saturated carbocycles. The summed E-state index contributed by atoms with van der Waals surface area (Å²) in [7, 11) is 2.80. The second-order valence-corrected chi connectivity index (χ2v) is 3.77. The number of amides is 2. The van der Waals surface area contributed by atoms with E-state index in [1.807, 2.05) is 0 Å². The molecule has 2 amide bonds. The van der Waals surface area contributed by atoms with E-state index in [1.54, 1.807) is 6.92 Å². The van der Waals surface area contributed by atoms with Gasteiger partial charge >= 0.3 is 18.0 Å². The Morgan fingerprint density at radius 3 is 2.47 bits per heavy atom. The number of hydrogen-bond acceptors (Lipinski definition) is 5. The zero-order valence-corrected chi connectivity index (χ0v) is 11.3. The van der Waals surface area contributed by atoms with E-state index in [0.29, 0.717) is 0 Å². The number of hydrogen-bond donors (Lipinski definition) is 2. The van der Waals surface area contributed by atoms with Crippen molar-refractivity contribution < 1.29 is 29.0 Å². The number of nitrogens with zero attached hydrogens (tertiary/aromatic N) is 1. The van der Waals surface area contributed by atoms with Crippen molar-refractivity contribution in [3.8, 4) is 0 Å².